The molecule has 162 valence electrons. The SMILES string of the molecule is Cc1nn(-c2ccc(N3CCOCC3)nn2)c(C)c1CCC(=O)N1CCCCCC1. The summed E-state index contributed by atoms with van der Waals surface area (Å²) in [6.07, 6.45) is 5.98. The summed E-state index contributed by atoms with van der Waals surface area (Å²) in [5, 5.41) is 13.5. The van der Waals surface area contributed by atoms with Crippen molar-refractivity contribution >= 4 is 11.7 Å². The first kappa shape index (κ1) is 20.8. The molecular formula is C22H32N6O2. The first-order chi connectivity index (χ1) is 14.6. The molecule has 0 N–H and O–H groups in total. The molecule has 30 heavy (non-hydrogen) atoms. The average molecular weight is 413 g/mol. The molecule has 2 aromatic heterocycles. The summed E-state index contributed by atoms with van der Waals surface area (Å²) >= 11 is 0. The van der Waals surface area contributed by atoms with Gasteiger partial charge in [-0.15, -0.1) is 10.2 Å². The number of carbonyl (C=O) groups is 1. The summed E-state index contributed by atoms with van der Waals surface area (Å²) in [7, 11) is 0. The summed E-state index contributed by atoms with van der Waals surface area (Å²) in [5.74, 6) is 1.84. The van der Waals surface area contributed by atoms with Gasteiger partial charge in [0.2, 0.25) is 5.91 Å². The smallest absolute Gasteiger partial charge is 0.222 e. The van der Waals surface area contributed by atoms with E-state index in [2.05, 4.69) is 20.2 Å². The third kappa shape index (κ3) is 4.64. The van der Waals surface area contributed by atoms with Gasteiger partial charge in [0.15, 0.2) is 11.6 Å². The molecule has 0 unspecified atom stereocenters. The molecule has 0 bridgehead atoms. The van der Waals surface area contributed by atoms with E-state index in [1.807, 2.05) is 35.6 Å². The lowest BCUT2D eigenvalue weighted by atomic mass is 10.1. The molecule has 4 heterocycles. The third-order valence-electron chi connectivity index (χ3n) is 6.18. The largest absolute Gasteiger partial charge is 0.378 e. The van der Waals surface area contributed by atoms with Crippen molar-refractivity contribution in [1.29, 1.82) is 0 Å². The fraction of sp³-hybridized carbons (Fsp3) is 0.636. The van der Waals surface area contributed by atoms with Gasteiger partial charge < -0.3 is 14.5 Å². The van der Waals surface area contributed by atoms with Crippen LogP contribution in [-0.4, -0.2) is 70.2 Å². The molecule has 0 saturated carbocycles. The van der Waals surface area contributed by atoms with Crippen LogP contribution in [0, 0.1) is 13.8 Å². The van der Waals surface area contributed by atoms with Crippen molar-refractivity contribution in [1.82, 2.24) is 24.9 Å². The van der Waals surface area contributed by atoms with Crippen molar-refractivity contribution in [3.8, 4) is 5.82 Å². The Morgan fingerprint density at radius 2 is 1.63 bits per heavy atom. The molecule has 4 rings (SSSR count). The molecule has 2 aliphatic rings. The van der Waals surface area contributed by atoms with Gasteiger partial charge >= 0.3 is 0 Å². The first-order valence-corrected chi connectivity index (χ1v) is 11.1. The van der Waals surface area contributed by atoms with Gasteiger partial charge in [-0.1, -0.05) is 12.8 Å². The molecule has 1 amide bonds. The molecular weight excluding hydrogens is 380 g/mol. The van der Waals surface area contributed by atoms with Crippen LogP contribution < -0.4 is 4.90 Å². The van der Waals surface area contributed by atoms with Gasteiger partial charge in [-0.25, -0.2) is 4.68 Å². The van der Waals surface area contributed by atoms with Crippen LogP contribution in [0.5, 0.6) is 0 Å². The maximum atomic E-state index is 12.7. The van der Waals surface area contributed by atoms with Crippen molar-refractivity contribution in [3.05, 3.63) is 29.1 Å². The van der Waals surface area contributed by atoms with Crippen LogP contribution in [0.15, 0.2) is 12.1 Å². The summed E-state index contributed by atoms with van der Waals surface area (Å²) in [6.45, 7) is 8.98. The lowest BCUT2D eigenvalue weighted by Crippen LogP contribution is -2.36. The number of morpholine rings is 1. The van der Waals surface area contributed by atoms with E-state index in [9.17, 15) is 4.79 Å². The summed E-state index contributed by atoms with van der Waals surface area (Å²) in [6, 6.07) is 3.95. The van der Waals surface area contributed by atoms with Crippen LogP contribution in [-0.2, 0) is 16.0 Å². The number of aryl methyl sites for hydroxylation is 1. The van der Waals surface area contributed by atoms with Crippen molar-refractivity contribution in [2.24, 2.45) is 0 Å². The Morgan fingerprint density at radius 3 is 2.30 bits per heavy atom. The summed E-state index contributed by atoms with van der Waals surface area (Å²) < 4.78 is 7.24. The minimum absolute atomic E-state index is 0.262. The second-order valence-corrected chi connectivity index (χ2v) is 8.21. The predicted octanol–water partition coefficient (Wildman–Crippen LogP) is 2.45. The second-order valence-electron chi connectivity index (χ2n) is 8.21. The first-order valence-electron chi connectivity index (χ1n) is 11.1. The predicted molar refractivity (Wildman–Crippen MR) is 115 cm³/mol. The van der Waals surface area contributed by atoms with Gasteiger partial charge in [-0.05, 0) is 50.8 Å². The Bertz CT molecular complexity index is 849. The Morgan fingerprint density at radius 1 is 0.967 bits per heavy atom. The van der Waals surface area contributed by atoms with Gasteiger partial charge in [-0.2, -0.15) is 5.10 Å². The lowest BCUT2D eigenvalue weighted by molar-refractivity contribution is -0.131. The Labute approximate surface area is 178 Å². The number of hydrogen-bond donors (Lipinski definition) is 0. The number of amides is 1. The molecule has 0 aliphatic carbocycles. The molecule has 2 aromatic rings. The van der Waals surface area contributed by atoms with Gasteiger partial charge in [0.25, 0.3) is 0 Å². The minimum atomic E-state index is 0.262. The number of ether oxygens (including phenoxy) is 1. The van der Waals surface area contributed by atoms with Crippen molar-refractivity contribution < 1.29 is 9.53 Å². The van der Waals surface area contributed by atoms with E-state index in [0.717, 1.165) is 75.0 Å². The number of anilines is 1. The topological polar surface area (TPSA) is 76.4 Å². The van der Waals surface area contributed by atoms with Crippen LogP contribution in [0.4, 0.5) is 5.82 Å². The summed E-state index contributed by atoms with van der Waals surface area (Å²) in [5.41, 5.74) is 3.12. The fourth-order valence-electron chi connectivity index (χ4n) is 4.36. The molecule has 0 radical (unpaired) electrons. The van der Waals surface area contributed by atoms with Crippen molar-refractivity contribution in [2.75, 3.05) is 44.3 Å². The fourth-order valence-corrected chi connectivity index (χ4v) is 4.36. The Kier molecular flexibility index (Phi) is 6.62. The van der Waals surface area contributed by atoms with Gasteiger partial charge in [0, 0.05) is 38.3 Å². The van der Waals surface area contributed by atoms with E-state index in [0.29, 0.717) is 18.7 Å². The number of hydrogen-bond acceptors (Lipinski definition) is 6. The molecule has 0 aromatic carbocycles. The van der Waals surface area contributed by atoms with E-state index in [4.69, 9.17) is 4.74 Å². The van der Waals surface area contributed by atoms with Gasteiger partial charge in [0.1, 0.15) is 0 Å². The lowest BCUT2D eigenvalue weighted by Gasteiger charge is -2.27. The summed E-state index contributed by atoms with van der Waals surface area (Å²) in [4.78, 5) is 16.9. The maximum Gasteiger partial charge on any atom is 0.222 e. The molecule has 2 aliphatic heterocycles. The monoisotopic (exact) mass is 412 g/mol. The van der Waals surface area contributed by atoms with Crippen LogP contribution in [0.25, 0.3) is 5.82 Å². The number of nitrogens with zero attached hydrogens (tertiary/aromatic N) is 6. The van der Waals surface area contributed by atoms with Gasteiger partial charge in [0.05, 0.1) is 18.9 Å². The molecule has 2 saturated heterocycles. The number of likely N-dealkylation sites (tertiary alicyclic amines) is 1. The number of rotatable bonds is 5. The highest BCUT2D eigenvalue weighted by Gasteiger charge is 2.19. The van der Waals surface area contributed by atoms with Crippen LogP contribution in [0.3, 0.4) is 0 Å². The van der Waals surface area contributed by atoms with Crippen molar-refractivity contribution in [2.45, 2.75) is 52.4 Å². The van der Waals surface area contributed by atoms with E-state index in [1.54, 1.807) is 0 Å². The molecule has 8 nitrogen and oxygen atoms in total. The Balaban J connectivity index is 1.43. The Hall–Kier alpha value is -2.48. The molecule has 0 atom stereocenters. The van der Waals surface area contributed by atoms with Crippen LogP contribution in [0.1, 0.15) is 49.1 Å². The average Bonchev–Trinajstić information content (AvgIpc) is 2.96. The second kappa shape index (κ2) is 9.55. The zero-order valence-corrected chi connectivity index (χ0v) is 18.1. The van der Waals surface area contributed by atoms with E-state index >= 15 is 0 Å². The number of carbonyl (C=O) groups excluding carboxylic acids is 1. The highest BCUT2D eigenvalue weighted by atomic mass is 16.5. The quantitative estimate of drug-likeness (QED) is 0.751. The minimum Gasteiger partial charge on any atom is -0.378 e. The molecule has 0 spiro atoms. The van der Waals surface area contributed by atoms with E-state index < -0.39 is 0 Å². The zero-order valence-electron chi connectivity index (χ0n) is 18.1. The standard InChI is InChI=1S/C22H32N6O2/c1-17-19(7-10-22(29)27-11-5-3-4-6-12-27)18(2)28(25-17)21-9-8-20(23-24-21)26-13-15-30-16-14-26/h8-9H,3-7,10-16H2,1-2H3. The normalized spacial score (nSPS) is 17.8. The van der Waals surface area contributed by atoms with E-state index in [1.165, 1.54) is 12.8 Å². The van der Waals surface area contributed by atoms with E-state index in [-0.39, 0.29) is 5.91 Å². The van der Waals surface area contributed by atoms with Crippen LogP contribution >= 0.6 is 0 Å². The highest BCUT2D eigenvalue weighted by Crippen LogP contribution is 2.20. The molecule has 2 fully saturated rings. The molecule has 8 heteroatoms. The van der Waals surface area contributed by atoms with Crippen molar-refractivity contribution in [3.63, 3.8) is 0 Å². The zero-order chi connectivity index (χ0) is 20.9. The highest BCUT2D eigenvalue weighted by molar-refractivity contribution is 5.76. The van der Waals surface area contributed by atoms with Gasteiger partial charge in [-0.3, -0.25) is 4.79 Å². The maximum absolute atomic E-state index is 12.7. The number of aromatic nitrogens is 4. The van der Waals surface area contributed by atoms with Crippen LogP contribution in [0.2, 0.25) is 0 Å². The third-order valence-corrected chi connectivity index (χ3v) is 6.18.